The summed E-state index contributed by atoms with van der Waals surface area (Å²) in [5, 5.41) is 11.0. The van der Waals surface area contributed by atoms with Gasteiger partial charge in [-0.2, -0.15) is 0 Å². The minimum absolute atomic E-state index is 0.0734. The molecule has 1 N–H and O–H groups in total. The van der Waals surface area contributed by atoms with E-state index >= 15 is 0 Å². The molecule has 0 unspecified atom stereocenters. The minimum Gasteiger partial charge on any atom is -0.506 e. The lowest BCUT2D eigenvalue weighted by Gasteiger charge is -2.16. The van der Waals surface area contributed by atoms with Gasteiger partial charge in [-0.15, -0.1) is 0 Å². The first-order chi connectivity index (χ1) is 17.8. The highest BCUT2D eigenvalue weighted by molar-refractivity contribution is 6.33. The first kappa shape index (κ1) is 25.1. The number of fused-ring (bicyclic) bond motifs is 2. The molecule has 4 nitrogen and oxygen atoms in total. The Morgan fingerprint density at radius 1 is 0.892 bits per heavy atom. The maximum absolute atomic E-state index is 12.9. The Kier molecular flexibility index (Phi) is 7.05. The number of hydrogen-bond donors (Lipinski definition) is 1. The number of Topliss-reactive ketones (excluding diaryl/α,β-unsaturated/α-hetero) is 1. The van der Waals surface area contributed by atoms with Crippen LogP contribution in [-0.2, 0) is 12.8 Å². The van der Waals surface area contributed by atoms with Crippen LogP contribution in [0.4, 0.5) is 0 Å². The van der Waals surface area contributed by atoms with Crippen molar-refractivity contribution in [1.82, 2.24) is 0 Å². The number of ketones is 1. The second-order valence-electron chi connectivity index (χ2n) is 9.08. The average molecular weight is 531 g/mol. The molecule has 0 aromatic heterocycles. The van der Waals surface area contributed by atoms with Gasteiger partial charge in [-0.25, -0.2) is 0 Å². The third kappa shape index (κ3) is 5.13. The van der Waals surface area contributed by atoms with Crippen molar-refractivity contribution in [2.45, 2.75) is 32.6 Å². The number of phenols is 1. The van der Waals surface area contributed by atoms with Crippen molar-refractivity contribution in [1.29, 1.82) is 0 Å². The maximum atomic E-state index is 12.9. The molecule has 1 aliphatic heterocycles. The Labute approximate surface area is 224 Å². The summed E-state index contributed by atoms with van der Waals surface area (Å²) in [6.07, 6.45) is 3.11. The number of hydrogen-bond acceptors (Lipinski definition) is 4. The summed E-state index contributed by atoms with van der Waals surface area (Å²) in [5.74, 6) is 0.300. The van der Waals surface area contributed by atoms with Crippen molar-refractivity contribution in [2.24, 2.45) is 0 Å². The van der Waals surface area contributed by atoms with Crippen molar-refractivity contribution in [3.63, 3.8) is 0 Å². The molecule has 0 bridgehead atoms. The van der Waals surface area contributed by atoms with Crippen LogP contribution in [0.15, 0.2) is 82.0 Å². The van der Waals surface area contributed by atoms with Crippen LogP contribution >= 0.6 is 23.2 Å². The van der Waals surface area contributed by atoms with Gasteiger partial charge in [0.1, 0.15) is 17.1 Å². The molecule has 2 aliphatic rings. The molecule has 186 valence electrons. The van der Waals surface area contributed by atoms with E-state index in [0.717, 1.165) is 30.4 Å². The summed E-state index contributed by atoms with van der Waals surface area (Å²) in [6, 6.07) is 21.8. The Balaban J connectivity index is 1.44. The fourth-order valence-electron chi connectivity index (χ4n) is 4.57. The van der Waals surface area contributed by atoms with Gasteiger partial charge in [-0.05, 0) is 48.1 Å². The van der Waals surface area contributed by atoms with Gasteiger partial charge >= 0.3 is 0 Å². The van der Waals surface area contributed by atoms with Gasteiger partial charge in [0.05, 0.1) is 10.0 Å². The Morgan fingerprint density at radius 3 is 2.30 bits per heavy atom. The number of benzene rings is 4. The van der Waals surface area contributed by atoms with E-state index in [2.05, 4.69) is 31.2 Å². The van der Waals surface area contributed by atoms with Gasteiger partial charge in [0.15, 0.2) is 5.78 Å². The summed E-state index contributed by atoms with van der Waals surface area (Å²) in [6.45, 7) is 2.13. The molecule has 0 spiro atoms. The lowest BCUT2D eigenvalue weighted by Crippen LogP contribution is -2.03. The topological polar surface area (TPSA) is 67.5 Å². The van der Waals surface area contributed by atoms with Crippen molar-refractivity contribution in [3.05, 3.63) is 110 Å². The highest BCUT2D eigenvalue weighted by Gasteiger charge is 2.20. The number of aryl methyl sites for hydroxylation is 2. The Hall–Kier alpha value is -3.60. The van der Waals surface area contributed by atoms with Crippen LogP contribution in [0, 0.1) is 0 Å². The molecule has 37 heavy (non-hydrogen) atoms. The van der Waals surface area contributed by atoms with Gasteiger partial charge in [0.2, 0.25) is 5.43 Å². The molecule has 0 amide bonds. The molecule has 0 radical (unpaired) electrons. The molecule has 0 saturated carbocycles. The monoisotopic (exact) mass is 530 g/mol. The van der Waals surface area contributed by atoms with E-state index in [4.69, 9.17) is 27.6 Å². The van der Waals surface area contributed by atoms with Crippen LogP contribution < -0.4 is 5.43 Å². The SMILES string of the molecule is CCc1ccc(CCCC(=O)c2ccc(-c3c4cc(Cl)c(=O)cc-4oc4cc(O)c(Cl)cc34)cc2)cc1. The number of phenolic OH excluding ortho intramolecular Hbond substituents is 1. The first-order valence-electron chi connectivity index (χ1n) is 12.1. The lowest BCUT2D eigenvalue weighted by atomic mass is 9.92. The number of halogens is 2. The van der Waals surface area contributed by atoms with Gasteiger partial charge in [-0.3, -0.25) is 9.59 Å². The third-order valence-corrected chi connectivity index (χ3v) is 7.24. The Bertz CT molecular complexity index is 1630. The van der Waals surface area contributed by atoms with E-state index in [1.54, 1.807) is 24.3 Å². The average Bonchev–Trinajstić information content (AvgIpc) is 2.90. The van der Waals surface area contributed by atoms with Crippen molar-refractivity contribution in [3.8, 4) is 28.2 Å². The molecule has 1 aliphatic carbocycles. The van der Waals surface area contributed by atoms with Crippen LogP contribution in [0.5, 0.6) is 5.75 Å². The molecule has 3 aromatic rings. The van der Waals surface area contributed by atoms with E-state index in [0.29, 0.717) is 34.3 Å². The zero-order valence-corrected chi connectivity index (χ0v) is 21.7. The van der Waals surface area contributed by atoms with Gasteiger partial charge in [-0.1, -0.05) is 78.7 Å². The highest BCUT2D eigenvalue weighted by atomic mass is 35.5. The summed E-state index contributed by atoms with van der Waals surface area (Å²) in [7, 11) is 0. The van der Waals surface area contributed by atoms with E-state index in [9.17, 15) is 14.7 Å². The standard InChI is InChI=1S/C31H24Cl2O4/c1-2-18-6-8-19(9-7-18)4-3-5-26(34)20-10-12-21(13-11-20)31-22-14-24(32)27(35)16-29(22)37-30-17-28(36)25(33)15-23(30)31/h6-17,35H,2-5H2,1H3. The van der Waals surface area contributed by atoms with E-state index in [1.165, 1.54) is 23.3 Å². The second-order valence-corrected chi connectivity index (χ2v) is 9.89. The van der Waals surface area contributed by atoms with E-state index < -0.39 is 0 Å². The number of carbonyl (C=O) groups excluding carboxylic acids is 1. The van der Waals surface area contributed by atoms with Gasteiger partial charge < -0.3 is 9.52 Å². The fourth-order valence-corrected chi connectivity index (χ4v) is 4.90. The van der Waals surface area contributed by atoms with Crippen LogP contribution in [0.2, 0.25) is 10.0 Å². The van der Waals surface area contributed by atoms with Crippen LogP contribution in [0.25, 0.3) is 33.4 Å². The lowest BCUT2D eigenvalue weighted by molar-refractivity contribution is 0.0980. The normalized spacial score (nSPS) is 11.3. The molecule has 6 heteroatoms. The summed E-state index contributed by atoms with van der Waals surface area (Å²) in [5.41, 5.74) is 5.37. The summed E-state index contributed by atoms with van der Waals surface area (Å²) in [4.78, 5) is 25.0. The zero-order valence-electron chi connectivity index (χ0n) is 20.2. The Morgan fingerprint density at radius 2 is 1.59 bits per heavy atom. The number of carbonyl (C=O) groups is 1. The zero-order chi connectivity index (χ0) is 26.1. The predicted octanol–water partition coefficient (Wildman–Crippen LogP) is 8.35. The minimum atomic E-state index is -0.358. The van der Waals surface area contributed by atoms with Crippen LogP contribution in [0.3, 0.4) is 0 Å². The van der Waals surface area contributed by atoms with Crippen LogP contribution in [0.1, 0.15) is 41.3 Å². The number of aromatic hydroxyl groups is 1. The largest absolute Gasteiger partial charge is 0.506 e. The molecular formula is C31H24Cl2O4. The molecular weight excluding hydrogens is 507 g/mol. The van der Waals surface area contributed by atoms with E-state index in [1.807, 2.05) is 12.1 Å². The molecule has 0 fully saturated rings. The van der Waals surface area contributed by atoms with E-state index in [-0.39, 0.29) is 27.0 Å². The van der Waals surface area contributed by atoms with Gasteiger partial charge in [0.25, 0.3) is 0 Å². The van der Waals surface area contributed by atoms with Crippen molar-refractivity contribution in [2.75, 3.05) is 0 Å². The number of rotatable bonds is 7. The smallest absolute Gasteiger partial charge is 0.200 e. The molecule has 0 saturated heterocycles. The molecule has 3 aromatic carbocycles. The van der Waals surface area contributed by atoms with Crippen LogP contribution in [-0.4, -0.2) is 10.9 Å². The molecule has 5 rings (SSSR count). The van der Waals surface area contributed by atoms with Gasteiger partial charge in [0, 0.05) is 40.6 Å². The molecule has 0 atom stereocenters. The predicted molar refractivity (Wildman–Crippen MR) is 149 cm³/mol. The molecule has 1 heterocycles. The third-order valence-electron chi connectivity index (χ3n) is 6.64. The quantitative estimate of drug-likeness (QED) is 0.169. The fraction of sp³-hybridized carbons (Fsp3) is 0.161. The highest BCUT2D eigenvalue weighted by Crippen LogP contribution is 2.43. The van der Waals surface area contributed by atoms with Crippen molar-refractivity contribution < 1.29 is 14.3 Å². The summed E-state index contributed by atoms with van der Waals surface area (Å²) >= 11 is 12.4. The van der Waals surface area contributed by atoms with Crippen molar-refractivity contribution >= 4 is 40.0 Å². The second kappa shape index (κ2) is 10.4. The first-order valence-corrected chi connectivity index (χ1v) is 12.9. The summed E-state index contributed by atoms with van der Waals surface area (Å²) < 4.78 is 5.90. The maximum Gasteiger partial charge on any atom is 0.200 e.